The van der Waals surface area contributed by atoms with E-state index in [4.69, 9.17) is 9.84 Å². The molecule has 0 radical (unpaired) electrons. The van der Waals surface area contributed by atoms with Crippen molar-refractivity contribution >= 4 is 5.97 Å². The van der Waals surface area contributed by atoms with Crippen LogP contribution in [0.4, 0.5) is 4.39 Å². The average molecular weight is 246 g/mol. The molecule has 0 aliphatic carbocycles. The molecule has 0 bridgehead atoms. The summed E-state index contributed by atoms with van der Waals surface area (Å²) in [6.07, 6.45) is 0. The smallest absolute Gasteiger partial charge is 0.335 e. The van der Waals surface area contributed by atoms with Gasteiger partial charge in [-0.15, -0.1) is 0 Å². The van der Waals surface area contributed by atoms with E-state index in [1.807, 2.05) is 0 Å². The highest BCUT2D eigenvalue weighted by atomic mass is 19.1. The summed E-state index contributed by atoms with van der Waals surface area (Å²) in [4.78, 5) is 11.0. The van der Waals surface area contributed by atoms with E-state index < -0.39 is 11.8 Å². The third-order valence-corrected chi connectivity index (χ3v) is 2.57. The molecular weight excluding hydrogens is 235 g/mol. The highest BCUT2D eigenvalue weighted by Gasteiger charge is 2.11. The monoisotopic (exact) mass is 246 g/mol. The van der Waals surface area contributed by atoms with Gasteiger partial charge in [-0.25, -0.2) is 9.18 Å². The molecule has 2 aromatic rings. The van der Waals surface area contributed by atoms with Crippen molar-refractivity contribution in [3.8, 4) is 16.9 Å². The summed E-state index contributed by atoms with van der Waals surface area (Å²) in [7, 11) is 1.44. The Bertz CT molecular complexity index is 593. The Kier molecular flexibility index (Phi) is 3.28. The van der Waals surface area contributed by atoms with Crippen LogP contribution in [0.15, 0.2) is 42.5 Å². The van der Waals surface area contributed by atoms with Crippen molar-refractivity contribution in [1.82, 2.24) is 0 Å². The molecule has 0 saturated heterocycles. The standard InChI is InChI=1S/C14H11FO3/c1-18-11-7-9(6-10(8-11)14(16)17)12-4-2-3-5-13(12)15/h2-8H,1H3,(H,16,17). The minimum atomic E-state index is -1.08. The van der Waals surface area contributed by atoms with Gasteiger partial charge in [0.15, 0.2) is 0 Å². The van der Waals surface area contributed by atoms with Crippen molar-refractivity contribution in [2.75, 3.05) is 7.11 Å². The number of hydrogen-bond donors (Lipinski definition) is 1. The number of benzene rings is 2. The summed E-state index contributed by atoms with van der Waals surface area (Å²) in [6, 6.07) is 10.6. The topological polar surface area (TPSA) is 46.5 Å². The number of hydrogen-bond acceptors (Lipinski definition) is 2. The maximum atomic E-state index is 13.7. The SMILES string of the molecule is COc1cc(C(=O)O)cc(-c2ccccc2F)c1. The highest BCUT2D eigenvalue weighted by Crippen LogP contribution is 2.28. The van der Waals surface area contributed by atoms with Gasteiger partial charge in [0.2, 0.25) is 0 Å². The van der Waals surface area contributed by atoms with Crippen LogP contribution in [0.5, 0.6) is 5.75 Å². The number of ether oxygens (including phenoxy) is 1. The Labute approximate surface area is 103 Å². The molecule has 3 nitrogen and oxygen atoms in total. The van der Waals surface area contributed by atoms with Crippen molar-refractivity contribution in [1.29, 1.82) is 0 Å². The van der Waals surface area contributed by atoms with Crippen LogP contribution >= 0.6 is 0 Å². The van der Waals surface area contributed by atoms with E-state index in [9.17, 15) is 9.18 Å². The van der Waals surface area contributed by atoms with Crippen LogP contribution in [0.2, 0.25) is 0 Å². The Morgan fingerprint density at radius 1 is 1.22 bits per heavy atom. The number of rotatable bonds is 3. The molecule has 4 heteroatoms. The fraction of sp³-hybridized carbons (Fsp3) is 0.0714. The maximum absolute atomic E-state index is 13.7. The van der Waals surface area contributed by atoms with E-state index in [0.29, 0.717) is 16.9 Å². The molecule has 2 rings (SSSR count). The first kappa shape index (κ1) is 12.1. The third-order valence-electron chi connectivity index (χ3n) is 2.57. The first-order valence-corrected chi connectivity index (χ1v) is 5.29. The van der Waals surface area contributed by atoms with Crippen molar-refractivity contribution in [3.05, 3.63) is 53.8 Å². The Morgan fingerprint density at radius 2 is 1.94 bits per heavy atom. The minimum absolute atomic E-state index is 0.0626. The predicted octanol–water partition coefficient (Wildman–Crippen LogP) is 3.20. The number of carbonyl (C=O) groups is 1. The van der Waals surface area contributed by atoms with Crippen LogP contribution in [0, 0.1) is 5.82 Å². The Morgan fingerprint density at radius 3 is 2.56 bits per heavy atom. The molecule has 0 saturated carbocycles. The second-order valence-electron chi connectivity index (χ2n) is 3.74. The van der Waals surface area contributed by atoms with E-state index in [0.717, 1.165) is 0 Å². The summed E-state index contributed by atoms with van der Waals surface area (Å²) in [5.41, 5.74) is 0.886. The average Bonchev–Trinajstić information content (AvgIpc) is 2.38. The molecule has 0 aromatic heterocycles. The number of aromatic carboxylic acids is 1. The largest absolute Gasteiger partial charge is 0.497 e. The molecule has 0 atom stereocenters. The van der Waals surface area contributed by atoms with E-state index in [1.165, 1.54) is 25.3 Å². The quantitative estimate of drug-likeness (QED) is 0.904. The van der Waals surface area contributed by atoms with Crippen molar-refractivity contribution in [2.24, 2.45) is 0 Å². The van der Waals surface area contributed by atoms with Crippen LogP contribution < -0.4 is 4.74 Å². The summed E-state index contributed by atoms with van der Waals surface area (Å²) in [5.74, 6) is -1.10. The van der Waals surface area contributed by atoms with Crippen LogP contribution in [-0.4, -0.2) is 18.2 Å². The van der Waals surface area contributed by atoms with E-state index in [-0.39, 0.29) is 5.56 Å². The van der Waals surface area contributed by atoms with Gasteiger partial charge in [0.05, 0.1) is 12.7 Å². The van der Waals surface area contributed by atoms with Gasteiger partial charge < -0.3 is 9.84 Å². The molecule has 2 aromatic carbocycles. The number of methoxy groups -OCH3 is 1. The Hall–Kier alpha value is -2.36. The molecule has 1 N–H and O–H groups in total. The summed E-state index contributed by atoms with van der Waals surface area (Å²) in [6.45, 7) is 0. The lowest BCUT2D eigenvalue weighted by Crippen LogP contribution is -1.98. The molecule has 92 valence electrons. The summed E-state index contributed by atoms with van der Waals surface area (Å²) in [5, 5.41) is 9.00. The van der Waals surface area contributed by atoms with Gasteiger partial charge in [0.1, 0.15) is 11.6 Å². The van der Waals surface area contributed by atoms with E-state index in [2.05, 4.69) is 0 Å². The van der Waals surface area contributed by atoms with E-state index in [1.54, 1.807) is 24.3 Å². The molecule has 0 fully saturated rings. The lowest BCUT2D eigenvalue weighted by atomic mass is 10.0. The van der Waals surface area contributed by atoms with Gasteiger partial charge in [-0.05, 0) is 29.8 Å². The molecule has 0 aliphatic rings. The van der Waals surface area contributed by atoms with Crippen LogP contribution in [0.1, 0.15) is 10.4 Å². The maximum Gasteiger partial charge on any atom is 0.335 e. The normalized spacial score (nSPS) is 10.1. The molecule has 0 unspecified atom stereocenters. The summed E-state index contributed by atoms with van der Waals surface area (Å²) >= 11 is 0. The van der Waals surface area contributed by atoms with Gasteiger partial charge in [-0.2, -0.15) is 0 Å². The predicted molar refractivity (Wildman–Crippen MR) is 65.3 cm³/mol. The molecule has 0 aliphatic heterocycles. The van der Waals surface area contributed by atoms with Crippen LogP contribution in [0.3, 0.4) is 0 Å². The van der Waals surface area contributed by atoms with Gasteiger partial charge >= 0.3 is 5.97 Å². The van der Waals surface area contributed by atoms with Gasteiger partial charge in [-0.1, -0.05) is 18.2 Å². The van der Waals surface area contributed by atoms with Crippen molar-refractivity contribution in [2.45, 2.75) is 0 Å². The van der Waals surface area contributed by atoms with Gasteiger partial charge in [0.25, 0.3) is 0 Å². The minimum Gasteiger partial charge on any atom is -0.497 e. The van der Waals surface area contributed by atoms with Gasteiger partial charge in [-0.3, -0.25) is 0 Å². The number of carboxylic acid groups (broad SMARTS) is 1. The van der Waals surface area contributed by atoms with Crippen LogP contribution in [-0.2, 0) is 0 Å². The third kappa shape index (κ3) is 2.32. The lowest BCUT2D eigenvalue weighted by molar-refractivity contribution is 0.0696. The van der Waals surface area contributed by atoms with Crippen molar-refractivity contribution < 1.29 is 19.0 Å². The van der Waals surface area contributed by atoms with Gasteiger partial charge in [0, 0.05) is 5.56 Å². The van der Waals surface area contributed by atoms with E-state index >= 15 is 0 Å². The highest BCUT2D eigenvalue weighted by molar-refractivity contribution is 5.90. The zero-order chi connectivity index (χ0) is 13.1. The molecule has 0 heterocycles. The molecule has 0 spiro atoms. The summed E-state index contributed by atoms with van der Waals surface area (Å²) < 4.78 is 18.7. The zero-order valence-electron chi connectivity index (χ0n) is 9.68. The second kappa shape index (κ2) is 4.87. The number of carboxylic acids is 1. The van der Waals surface area contributed by atoms with Crippen molar-refractivity contribution in [3.63, 3.8) is 0 Å². The number of halogens is 1. The molecule has 18 heavy (non-hydrogen) atoms. The first-order valence-electron chi connectivity index (χ1n) is 5.29. The second-order valence-corrected chi connectivity index (χ2v) is 3.74. The molecular formula is C14H11FO3. The fourth-order valence-electron chi connectivity index (χ4n) is 1.69. The zero-order valence-corrected chi connectivity index (χ0v) is 9.68. The molecule has 0 amide bonds. The Balaban J connectivity index is 2.60. The lowest BCUT2D eigenvalue weighted by Gasteiger charge is -2.08. The first-order chi connectivity index (χ1) is 8.61. The van der Waals surface area contributed by atoms with Crippen LogP contribution in [0.25, 0.3) is 11.1 Å². The fourth-order valence-corrected chi connectivity index (χ4v) is 1.69.